The fraction of sp³-hybridized carbons (Fsp3) is 0.320. The summed E-state index contributed by atoms with van der Waals surface area (Å²) in [5.41, 5.74) is -0.834. The Labute approximate surface area is 191 Å². The summed E-state index contributed by atoms with van der Waals surface area (Å²) in [7, 11) is 3.66. The van der Waals surface area contributed by atoms with Gasteiger partial charge in [0.15, 0.2) is 5.54 Å². The van der Waals surface area contributed by atoms with Crippen molar-refractivity contribution >= 4 is 29.0 Å². The van der Waals surface area contributed by atoms with Crippen LogP contribution < -0.4 is 4.90 Å². The molecule has 1 atom stereocenters. The highest BCUT2D eigenvalue weighted by molar-refractivity contribution is 6.50. The van der Waals surface area contributed by atoms with E-state index in [0.717, 1.165) is 12.1 Å². The second-order valence-corrected chi connectivity index (χ2v) is 8.50. The van der Waals surface area contributed by atoms with Crippen LogP contribution in [0.4, 0.5) is 10.1 Å². The Balaban J connectivity index is 2.04. The number of amides is 2. The normalized spacial score (nSPS) is 21.5. The molecule has 0 saturated carbocycles. The van der Waals surface area contributed by atoms with Gasteiger partial charge in [-0.05, 0) is 50.8 Å². The van der Waals surface area contributed by atoms with Gasteiger partial charge in [0, 0.05) is 30.8 Å². The van der Waals surface area contributed by atoms with Crippen molar-refractivity contribution in [3.63, 3.8) is 0 Å². The predicted octanol–water partition coefficient (Wildman–Crippen LogP) is 2.72. The van der Waals surface area contributed by atoms with Gasteiger partial charge in [-0.1, -0.05) is 25.1 Å². The molecule has 4 rings (SSSR count). The Kier molecular flexibility index (Phi) is 5.80. The molecule has 2 aliphatic heterocycles. The zero-order valence-corrected chi connectivity index (χ0v) is 18.8. The van der Waals surface area contributed by atoms with Gasteiger partial charge in [-0.15, -0.1) is 0 Å². The number of anilines is 1. The minimum absolute atomic E-state index is 0.109. The highest BCUT2D eigenvalue weighted by Crippen LogP contribution is 2.53. The van der Waals surface area contributed by atoms with Crippen LogP contribution in [0.25, 0.3) is 5.76 Å². The van der Waals surface area contributed by atoms with Crippen LogP contribution in [0.5, 0.6) is 0 Å². The highest BCUT2D eigenvalue weighted by atomic mass is 19.1. The fourth-order valence-electron chi connectivity index (χ4n) is 4.66. The van der Waals surface area contributed by atoms with Crippen molar-refractivity contribution in [3.05, 3.63) is 71.0 Å². The first-order chi connectivity index (χ1) is 15.7. The maximum Gasteiger partial charge on any atom is 0.296 e. The van der Waals surface area contributed by atoms with Gasteiger partial charge in [-0.2, -0.15) is 0 Å². The number of para-hydroxylation sites is 1. The quantitative estimate of drug-likeness (QED) is 0.415. The van der Waals surface area contributed by atoms with E-state index in [1.807, 2.05) is 25.9 Å². The Morgan fingerprint density at radius 1 is 1.03 bits per heavy atom. The highest BCUT2D eigenvalue weighted by Gasteiger charge is 2.66. The average molecular weight is 451 g/mol. The Hall–Kier alpha value is -3.52. The summed E-state index contributed by atoms with van der Waals surface area (Å²) in [6, 6.07) is 12.0. The first kappa shape index (κ1) is 22.7. The SMILES string of the molecule is CCCN1C(=O)C2(C(=C(O)c3ccc(F)cc3)C(=O)C(=O)N2CCN(C)C)c2ccccc21. The molecule has 2 aromatic carbocycles. The second kappa shape index (κ2) is 8.44. The van der Waals surface area contributed by atoms with Crippen molar-refractivity contribution in [2.45, 2.75) is 18.9 Å². The molecule has 1 N–H and O–H groups in total. The lowest BCUT2D eigenvalue weighted by molar-refractivity contribution is -0.143. The van der Waals surface area contributed by atoms with Crippen molar-refractivity contribution in [2.24, 2.45) is 0 Å². The van der Waals surface area contributed by atoms with E-state index in [-0.39, 0.29) is 17.7 Å². The molecule has 0 aliphatic carbocycles. The van der Waals surface area contributed by atoms with Crippen molar-refractivity contribution < 1.29 is 23.9 Å². The molecule has 1 saturated heterocycles. The topological polar surface area (TPSA) is 81.2 Å². The summed E-state index contributed by atoms with van der Waals surface area (Å²) < 4.78 is 13.5. The summed E-state index contributed by atoms with van der Waals surface area (Å²) in [6.07, 6.45) is 0.665. The number of carbonyl (C=O) groups excluding carboxylic acids is 3. The van der Waals surface area contributed by atoms with E-state index in [1.165, 1.54) is 17.0 Å². The standard InChI is InChI=1S/C25H26FN3O4/c1-4-13-28-19-8-6-5-7-18(19)25(24(28)33)20(21(30)16-9-11-17(26)12-10-16)22(31)23(32)29(25)15-14-27(2)3/h5-12,30H,4,13-15H2,1-3H3. The number of carbonyl (C=O) groups is 3. The smallest absolute Gasteiger partial charge is 0.296 e. The molecule has 0 radical (unpaired) electrons. The third kappa shape index (κ3) is 3.33. The van der Waals surface area contributed by atoms with Gasteiger partial charge < -0.3 is 19.8 Å². The predicted molar refractivity (Wildman–Crippen MR) is 122 cm³/mol. The minimum atomic E-state index is -1.78. The summed E-state index contributed by atoms with van der Waals surface area (Å²) in [5.74, 6) is -3.24. The van der Waals surface area contributed by atoms with Crippen LogP contribution in [0.15, 0.2) is 54.1 Å². The van der Waals surface area contributed by atoms with Crippen LogP contribution in [0, 0.1) is 5.82 Å². The molecule has 1 fully saturated rings. The first-order valence-corrected chi connectivity index (χ1v) is 10.9. The molecule has 1 spiro atoms. The van der Waals surface area contributed by atoms with Crippen molar-refractivity contribution in [2.75, 3.05) is 38.6 Å². The number of likely N-dealkylation sites (N-methyl/N-ethyl adjacent to an activating group) is 1. The van der Waals surface area contributed by atoms with Gasteiger partial charge in [0.2, 0.25) is 0 Å². The summed E-state index contributed by atoms with van der Waals surface area (Å²) in [4.78, 5) is 45.4. The minimum Gasteiger partial charge on any atom is -0.507 e. The molecular formula is C25H26FN3O4. The molecule has 33 heavy (non-hydrogen) atoms. The number of aliphatic hydroxyl groups excluding tert-OH is 1. The zero-order valence-electron chi connectivity index (χ0n) is 18.8. The van der Waals surface area contributed by atoms with Crippen LogP contribution in [-0.2, 0) is 19.9 Å². The van der Waals surface area contributed by atoms with Crippen LogP contribution in [0.3, 0.4) is 0 Å². The molecule has 0 bridgehead atoms. The van der Waals surface area contributed by atoms with Gasteiger partial charge in [0.25, 0.3) is 17.6 Å². The molecule has 1 unspecified atom stereocenters. The van der Waals surface area contributed by atoms with Crippen molar-refractivity contribution in [3.8, 4) is 0 Å². The zero-order chi connectivity index (χ0) is 23.9. The van der Waals surface area contributed by atoms with E-state index in [4.69, 9.17) is 0 Å². The number of nitrogens with zero attached hydrogens (tertiary/aromatic N) is 3. The molecule has 2 heterocycles. The van der Waals surface area contributed by atoms with E-state index in [2.05, 4.69) is 0 Å². The summed E-state index contributed by atoms with van der Waals surface area (Å²) >= 11 is 0. The van der Waals surface area contributed by atoms with Crippen LogP contribution >= 0.6 is 0 Å². The average Bonchev–Trinajstić information content (AvgIpc) is 3.16. The Bertz CT molecular complexity index is 1160. The van der Waals surface area contributed by atoms with Crippen molar-refractivity contribution in [1.29, 1.82) is 0 Å². The Morgan fingerprint density at radius 3 is 2.33 bits per heavy atom. The number of halogens is 1. The number of Topliss-reactive ketones (excluding diaryl/α,β-unsaturated/α-hetero) is 1. The number of fused-ring (bicyclic) bond motifs is 2. The van der Waals surface area contributed by atoms with E-state index in [0.29, 0.717) is 30.8 Å². The van der Waals surface area contributed by atoms with Crippen LogP contribution in [0.2, 0.25) is 0 Å². The number of hydrogen-bond donors (Lipinski definition) is 1. The molecule has 7 nitrogen and oxygen atoms in total. The number of ketones is 1. The molecule has 8 heteroatoms. The lowest BCUT2D eigenvalue weighted by Crippen LogP contribution is -2.53. The van der Waals surface area contributed by atoms with E-state index in [1.54, 1.807) is 29.2 Å². The molecule has 2 aromatic rings. The van der Waals surface area contributed by atoms with E-state index in [9.17, 15) is 23.9 Å². The Morgan fingerprint density at radius 2 is 1.70 bits per heavy atom. The van der Waals surface area contributed by atoms with Crippen LogP contribution in [0.1, 0.15) is 24.5 Å². The summed E-state index contributed by atoms with van der Waals surface area (Å²) in [6.45, 7) is 2.85. The van der Waals surface area contributed by atoms with E-state index >= 15 is 0 Å². The third-order valence-corrected chi connectivity index (χ3v) is 6.14. The number of hydrogen-bond acceptors (Lipinski definition) is 5. The second-order valence-electron chi connectivity index (χ2n) is 8.50. The third-order valence-electron chi connectivity index (χ3n) is 6.14. The molecule has 2 amide bonds. The summed E-state index contributed by atoms with van der Waals surface area (Å²) in [5, 5.41) is 11.3. The van der Waals surface area contributed by atoms with Gasteiger partial charge in [0.05, 0.1) is 11.3 Å². The van der Waals surface area contributed by atoms with Gasteiger partial charge in [-0.3, -0.25) is 14.4 Å². The van der Waals surface area contributed by atoms with Gasteiger partial charge >= 0.3 is 0 Å². The van der Waals surface area contributed by atoms with Gasteiger partial charge in [0.1, 0.15) is 11.6 Å². The lowest BCUT2D eigenvalue weighted by Gasteiger charge is -2.35. The van der Waals surface area contributed by atoms with Gasteiger partial charge in [-0.25, -0.2) is 4.39 Å². The van der Waals surface area contributed by atoms with Crippen LogP contribution in [-0.4, -0.2) is 66.2 Å². The maximum absolute atomic E-state index is 14.1. The largest absolute Gasteiger partial charge is 0.507 e. The number of likely N-dealkylation sites (tertiary alicyclic amines) is 1. The number of rotatable bonds is 6. The molecule has 172 valence electrons. The number of benzene rings is 2. The first-order valence-electron chi connectivity index (χ1n) is 10.9. The van der Waals surface area contributed by atoms with Crippen molar-refractivity contribution in [1.82, 2.24) is 9.80 Å². The molecule has 0 aromatic heterocycles. The maximum atomic E-state index is 14.1. The molecule has 2 aliphatic rings. The number of aliphatic hydroxyl groups is 1. The monoisotopic (exact) mass is 451 g/mol. The fourth-order valence-corrected chi connectivity index (χ4v) is 4.66. The van der Waals surface area contributed by atoms with E-state index < -0.39 is 34.7 Å². The lowest BCUT2D eigenvalue weighted by atomic mass is 9.82. The molecular weight excluding hydrogens is 425 g/mol.